The lowest BCUT2D eigenvalue weighted by molar-refractivity contribution is 0.521. The molecule has 1 fully saturated rings. The molecule has 9 heteroatoms. The highest BCUT2D eigenvalue weighted by Gasteiger charge is 2.18. The summed E-state index contributed by atoms with van der Waals surface area (Å²) in [6.45, 7) is 1.65. The van der Waals surface area contributed by atoms with E-state index >= 15 is 0 Å². The first kappa shape index (κ1) is 18.4. The summed E-state index contributed by atoms with van der Waals surface area (Å²) in [5, 5.41) is 18.4. The van der Waals surface area contributed by atoms with Gasteiger partial charge in [0.15, 0.2) is 0 Å². The molecule has 0 aliphatic carbocycles. The first-order chi connectivity index (χ1) is 12.4. The SMILES string of the molecule is CN(C)S(=O)(=O)c1ccc(-c2csc(C(C#N)=C3NCCCN3)n2)cc1. The van der Waals surface area contributed by atoms with E-state index in [0.717, 1.165) is 25.1 Å². The van der Waals surface area contributed by atoms with Gasteiger partial charge in [-0.2, -0.15) is 5.26 Å². The molecule has 0 amide bonds. The van der Waals surface area contributed by atoms with Crippen LogP contribution in [0.3, 0.4) is 0 Å². The summed E-state index contributed by atoms with van der Waals surface area (Å²) in [5.74, 6) is 0.715. The first-order valence-corrected chi connectivity index (χ1v) is 10.4. The number of nitrogens with one attached hydrogen (secondary N) is 2. The molecule has 0 saturated carbocycles. The molecule has 0 radical (unpaired) electrons. The van der Waals surface area contributed by atoms with Gasteiger partial charge in [0, 0.05) is 38.1 Å². The largest absolute Gasteiger partial charge is 0.371 e. The van der Waals surface area contributed by atoms with Crippen LogP contribution in [-0.2, 0) is 10.0 Å². The molecular weight excluding hydrogens is 370 g/mol. The Bertz CT molecular complexity index is 961. The quantitative estimate of drug-likeness (QED) is 0.774. The van der Waals surface area contributed by atoms with Gasteiger partial charge in [0.05, 0.1) is 10.6 Å². The van der Waals surface area contributed by atoms with Crippen LogP contribution in [-0.4, -0.2) is 44.9 Å². The third kappa shape index (κ3) is 3.58. The van der Waals surface area contributed by atoms with Crippen LogP contribution in [0.25, 0.3) is 16.8 Å². The minimum Gasteiger partial charge on any atom is -0.371 e. The van der Waals surface area contributed by atoms with E-state index in [4.69, 9.17) is 0 Å². The summed E-state index contributed by atoms with van der Waals surface area (Å²) in [7, 11) is -0.454. The average Bonchev–Trinajstić information content (AvgIpc) is 3.13. The molecule has 136 valence electrons. The van der Waals surface area contributed by atoms with E-state index in [2.05, 4.69) is 21.7 Å². The van der Waals surface area contributed by atoms with Crippen molar-refractivity contribution in [2.24, 2.45) is 0 Å². The summed E-state index contributed by atoms with van der Waals surface area (Å²) in [4.78, 5) is 4.79. The van der Waals surface area contributed by atoms with Crippen LogP contribution in [0.2, 0.25) is 0 Å². The van der Waals surface area contributed by atoms with Gasteiger partial charge in [0.2, 0.25) is 10.0 Å². The fourth-order valence-electron chi connectivity index (χ4n) is 2.49. The molecular formula is C17H19N5O2S2. The third-order valence-corrected chi connectivity index (χ3v) is 6.65. The molecule has 0 spiro atoms. The van der Waals surface area contributed by atoms with Gasteiger partial charge in [-0.3, -0.25) is 0 Å². The predicted molar refractivity (Wildman–Crippen MR) is 102 cm³/mol. The lowest BCUT2D eigenvalue weighted by Crippen LogP contribution is -2.35. The second-order valence-corrected chi connectivity index (χ2v) is 8.93. The average molecular weight is 390 g/mol. The number of hydrogen-bond donors (Lipinski definition) is 2. The van der Waals surface area contributed by atoms with Crippen molar-refractivity contribution >= 4 is 26.9 Å². The van der Waals surface area contributed by atoms with Gasteiger partial charge in [-0.1, -0.05) is 12.1 Å². The van der Waals surface area contributed by atoms with Crippen molar-refractivity contribution in [1.82, 2.24) is 19.9 Å². The topological polar surface area (TPSA) is 98.1 Å². The van der Waals surface area contributed by atoms with Gasteiger partial charge >= 0.3 is 0 Å². The zero-order chi connectivity index (χ0) is 18.7. The Morgan fingerprint density at radius 3 is 2.46 bits per heavy atom. The standard InChI is InChI=1S/C17H19N5O2S2/c1-22(2)26(23,24)13-6-4-12(5-7-13)15-11-25-17(21-15)14(10-18)16-19-8-3-9-20-16/h4-7,11,19-20H,3,8-9H2,1-2H3. The minimum absolute atomic E-state index is 0.233. The number of sulfonamides is 1. The highest BCUT2D eigenvalue weighted by molar-refractivity contribution is 7.89. The predicted octanol–water partition coefficient (Wildman–Crippen LogP) is 1.84. The van der Waals surface area contributed by atoms with Crippen LogP contribution in [0.4, 0.5) is 0 Å². The summed E-state index contributed by atoms with van der Waals surface area (Å²) >= 11 is 1.39. The fourth-order valence-corrected chi connectivity index (χ4v) is 4.23. The molecule has 3 rings (SSSR count). The second kappa shape index (κ2) is 7.45. The van der Waals surface area contributed by atoms with Crippen LogP contribution in [0.15, 0.2) is 40.4 Å². The molecule has 0 bridgehead atoms. The van der Waals surface area contributed by atoms with Crippen molar-refractivity contribution < 1.29 is 8.42 Å². The molecule has 1 aromatic heterocycles. The van der Waals surface area contributed by atoms with Gasteiger partial charge in [-0.15, -0.1) is 11.3 Å². The van der Waals surface area contributed by atoms with E-state index in [-0.39, 0.29) is 4.90 Å². The molecule has 2 aromatic rings. The molecule has 26 heavy (non-hydrogen) atoms. The summed E-state index contributed by atoms with van der Waals surface area (Å²) in [6, 6.07) is 8.80. The number of aromatic nitrogens is 1. The zero-order valence-corrected chi connectivity index (χ0v) is 16.1. The number of nitrogens with zero attached hydrogens (tertiary/aromatic N) is 3. The molecule has 2 N–H and O–H groups in total. The van der Waals surface area contributed by atoms with Crippen LogP contribution in [0, 0.1) is 11.3 Å². The van der Waals surface area contributed by atoms with Gasteiger partial charge in [0.25, 0.3) is 0 Å². The molecule has 1 aliphatic rings. The van der Waals surface area contributed by atoms with E-state index in [1.807, 2.05) is 5.38 Å². The molecule has 1 saturated heterocycles. The van der Waals surface area contributed by atoms with E-state index in [1.54, 1.807) is 24.3 Å². The number of thiazole rings is 1. The smallest absolute Gasteiger partial charge is 0.242 e. The lowest BCUT2D eigenvalue weighted by Gasteiger charge is -2.19. The number of rotatable bonds is 4. The van der Waals surface area contributed by atoms with E-state index in [9.17, 15) is 13.7 Å². The summed E-state index contributed by atoms with van der Waals surface area (Å²) < 4.78 is 25.5. The fraction of sp³-hybridized carbons (Fsp3) is 0.294. The van der Waals surface area contributed by atoms with E-state index in [0.29, 0.717) is 22.1 Å². The Morgan fingerprint density at radius 2 is 1.88 bits per heavy atom. The lowest BCUT2D eigenvalue weighted by atomic mass is 10.2. The molecule has 1 aliphatic heterocycles. The van der Waals surface area contributed by atoms with Crippen LogP contribution in [0.5, 0.6) is 0 Å². The van der Waals surface area contributed by atoms with Gasteiger partial charge in [-0.05, 0) is 18.6 Å². The first-order valence-electron chi connectivity index (χ1n) is 8.04. The zero-order valence-electron chi connectivity index (χ0n) is 14.5. The van der Waals surface area contributed by atoms with Crippen molar-refractivity contribution in [2.45, 2.75) is 11.3 Å². The van der Waals surface area contributed by atoms with Crippen LogP contribution >= 0.6 is 11.3 Å². The van der Waals surface area contributed by atoms with Gasteiger partial charge in [0.1, 0.15) is 22.5 Å². The molecule has 1 aromatic carbocycles. The van der Waals surface area contributed by atoms with Crippen molar-refractivity contribution in [1.29, 1.82) is 5.26 Å². The maximum Gasteiger partial charge on any atom is 0.242 e. The minimum atomic E-state index is -3.45. The Kier molecular flexibility index (Phi) is 5.27. The Hall–Kier alpha value is -2.41. The number of nitriles is 1. The third-order valence-electron chi connectivity index (χ3n) is 3.97. The molecule has 0 unspecified atom stereocenters. The monoisotopic (exact) mass is 389 g/mol. The van der Waals surface area contributed by atoms with Gasteiger partial charge in [-0.25, -0.2) is 17.7 Å². The van der Waals surface area contributed by atoms with Crippen LogP contribution < -0.4 is 10.6 Å². The number of benzene rings is 1. The number of hydrogen-bond acceptors (Lipinski definition) is 7. The van der Waals surface area contributed by atoms with Crippen molar-refractivity contribution in [3.05, 3.63) is 40.5 Å². The van der Waals surface area contributed by atoms with Crippen molar-refractivity contribution in [2.75, 3.05) is 27.2 Å². The Labute approximate surface area is 157 Å². The molecule has 0 atom stereocenters. The Morgan fingerprint density at radius 1 is 1.23 bits per heavy atom. The second-order valence-electron chi connectivity index (χ2n) is 5.92. The Balaban J connectivity index is 1.90. The van der Waals surface area contributed by atoms with Crippen molar-refractivity contribution in [3.63, 3.8) is 0 Å². The molecule has 2 heterocycles. The summed E-state index contributed by atoms with van der Waals surface area (Å²) in [6.07, 6.45) is 1.01. The highest BCUT2D eigenvalue weighted by Crippen LogP contribution is 2.28. The van der Waals surface area contributed by atoms with E-state index < -0.39 is 10.0 Å². The number of allylic oxidation sites excluding steroid dienone is 1. The summed E-state index contributed by atoms with van der Waals surface area (Å²) in [5.41, 5.74) is 2.01. The highest BCUT2D eigenvalue weighted by atomic mass is 32.2. The van der Waals surface area contributed by atoms with Crippen molar-refractivity contribution in [3.8, 4) is 17.3 Å². The van der Waals surface area contributed by atoms with Gasteiger partial charge < -0.3 is 10.6 Å². The van der Waals surface area contributed by atoms with E-state index in [1.165, 1.54) is 29.7 Å². The molecule has 7 nitrogen and oxygen atoms in total. The maximum absolute atomic E-state index is 12.1. The normalized spacial score (nSPS) is 14.5. The van der Waals surface area contributed by atoms with Crippen LogP contribution in [0.1, 0.15) is 11.4 Å². The maximum atomic E-state index is 12.1.